The van der Waals surface area contributed by atoms with Crippen molar-refractivity contribution >= 4 is 17.6 Å². The molecule has 0 radical (unpaired) electrons. The van der Waals surface area contributed by atoms with E-state index in [1.807, 2.05) is 6.92 Å². The molecule has 0 amide bonds. The quantitative estimate of drug-likeness (QED) is 0.719. The van der Waals surface area contributed by atoms with Gasteiger partial charge in [0.25, 0.3) is 5.78 Å². The van der Waals surface area contributed by atoms with E-state index in [1.54, 1.807) is 4.52 Å². The number of hydrogen-bond donors (Lipinski definition) is 2. The Bertz CT molecular complexity index is 623. The molecule has 0 spiro atoms. The summed E-state index contributed by atoms with van der Waals surface area (Å²) >= 11 is 0. The second kappa shape index (κ2) is 7.01. The molecule has 2 heterocycles. The van der Waals surface area contributed by atoms with Crippen LogP contribution in [0.25, 0.3) is 5.78 Å². The molecule has 7 nitrogen and oxygen atoms in total. The van der Waals surface area contributed by atoms with Crippen LogP contribution in [0.1, 0.15) is 50.3 Å². The van der Waals surface area contributed by atoms with Crippen molar-refractivity contribution in [3.05, 3.63) is 17.6 Å². The summed E-state index contributed by atoms with van der Waals surface area (Å²) in [6.45, 7) is 2.05. The first kappa shape index (κ1) is 15.2. The molecule has 0 saturated carbocycles. The van der Waals surface area contributed by atoms with Gasteiger partial charge in [0.2, 0.25) is 0 Å². The molecule has 0 aliphatic carbocycles. The topological polar surface area (TPSA) is 106 Å². The van der Waals surface area contributed by atoms with E-state index in [0.717, 1.165) is 49.8 Å². The van der Waals surface area contributed by atoms with E-state index in [0.29, 0.717) is 11.6 Å². The Labute approximate surface area is 123 Å². The molecule has 7 heteroatoms. The van der Waals surface area contributed by atoms with Crippen LogP contribution >= 0.6 is 0 Å². The minimum Gasteiger partial charge on any atom is -0.481 e. The molecule has 2 rings (SSSR count). The van der Waals surface area contributed by atoms with Crippen LogP contribution in [-0.2, 0) is 17.6 Å². The minimum atomic E-state index is -0.728. The lowest BCUT2D eigenvalue weighted by molar-refractivity contribution is -0.137. The number of anilines is 1. The number of hydrogen-bond acceptors (Lipinski definition) is 5. The third-order valence-electron chi connectivity index (χ3n) is 3.55. The number of aromatic nitrogens is 4. The molecule has 0 aromatic carbocycles. The summed E-state index contributed by atoms with van der Waals surface area (Å²) in [6.07, 6.45) is 6.96. The third kappa shape index (κ3) is 3.68. The highest BCUT2D eigenvalue weighted by Crippen LogP contribution is 2.20. The zero-order valence-electron chi connectivity index (χ0n) is 12.2. The summed E-state index contributed by atoms with van der Waals surface area (Å²) in [4.78, 5) is 19.0. The molecule has 0 saturated heterocycles. The molecule has 2 aromatic heterocycles. The molecule has 0 bridgehead atoms. The summed E-state index contributed by atoms with van der Waals surface area (Å²) in [7, 11) is 0. The number of carboxylic acids is 1. The molecular formula is C14H21N5O2. The fourth-order valence-electron chi connectivity index (χ4n) is 2.44. The number of carboxylic acid groups (broad SMARTS) is 1. The molecule has 21 heavy (non-hydrogen) atoms. The zero-order valence-corrected chi connectivity index (χ0v) is 12.2. The highest BCUT2D eigenvalue weighted by molar-refractivity contribution is 5.66. The van der Waals surface area contributed by atoms with Gasteiger partial charge in [-0.15, -0.1) is 0 Å². The van der Waals surface area contributed by atoms with Gasteiger partial charge in [-0.25, -0.2) is 4.98 Å². The number of nitrogens with two attached hydrogens (primary N) is 1. The van der Waals surface area contributed by atoms with Crippen LogP contribution in [0.4, 0.5) is 5.82 Å². The van der Waals surface area contributed by atoms with E-state index >= 15 is 0 Å². The van der Waals surface area contributed by atoms with Crippen LogP contribution in [0, 0.1) is 0 Å². The molecule has 0 aliphatic heterocycles. The largest absolute Gasteiger partial charge is 0.481 e. The number of nitrogen functional groups attached to an aromatic ring is 1. The first-order valence-electron chi connectivity index (χ1n) is 7.32. The van der Waals surface area contributed by atoms with Gasteiger partial charge >= 0.3 is 5.97 Å². The molecular weight excluding hydrogens is 270 g/mol. The van der Waals surface area contributed by atoms with Crippen LogP contribution in [-0.4, -0.2) is 30.7 Å². The van der Waals surface area contributed by atoms with Gasteiger partial charge in [0.15, 0.2) is 0 Å². The molecule has 3 N–H and O–H groups in total. The van der Waals surface area contributed by atoms with Crippen LogP contribution in [0.3, 0.4) is 0 Å². The molecule has 0 unspecified atom stereocenters. The highest BCUT2D eigenvalue weighted by Gasteiger charge is 2.12. The van der Waals surface area contributed by atoms with Gasteiger partial charge in [-0.2, -0.15) is 14.6 Å². The minimum absolute atomic E-state index is 0.245. The maximum absolute atomic E-state index is 10.4. The van der Waals surface area contributed by atoms with E-state index in [-0.39, 0.29) is 6.42 Å². The van der Waals surface area contributed by atoms with Crippen LogP contribution < -0.4 is 5.73 Å². The standard InChI is InChI=1S/C14H21N5O2/c1-2-11-10(7-5-3-4-6-8-12(20)21)13(15)19-14(18-11)16-9-17-19/h9H,2-8,15H2,1H3,(H,20,21). The Morgan fingerprint density at radius 2 is 2.10 bits per heavy atom. The normalized spacial score (nSPS) is 11.1. The number of aliphatic carboxylic acids is 1. The number of fused-ring (bicyclic) bond motifs is 1. The van der Waals surface area contributed by atoms with E-state index < -0.39 is 5.97 Å². The summed E-state index contributed by atoms with van der Waals surface area (Å²) in [5.74, 6) is 0.419. The monoisotopic (exact) mass is 291 g/mol. The highest BCUT2D eigenvalue weighted by atomic mass is 16.4. The van der Waals surface area contributed by atoms with Crippen LogP contribution in [0.5, 0.6) is 0 Å². The number of nitrogens with zero attached hydrogens (tertiary/aromatic N) is 4. The van der Waals surface area contributed by atoms with Crippen molar-refractivity contribution in [3.63, 3.8) is 0 Å². The lowest BCUT2D eigenvalue weighted by Gasteiger charge is -2.11. The first-order valence-corrected chi connectivity index (χ1v) is 7.32. The predicted molar refractivity (Wildman–Crippen MR) is 79.0 cm³/mol. The van der Waals surface area contributed by atoms with Gasteiger partial charge in [-0.05, 0) is 25.7 Å². The van der Waals surface area contributed by atoms with Crippen molar-refractivity contribution in [2.75, 3.05) is 5.73 Å². The number of carbonyl (C=O) groups is 1. The fourth-order valence-corrected chi connectivity index (χ4v) is 2.44. The molecule has 0 aliphatic rings. The van der Waals surface area contributed by atoms with Gasteiger partial charge in [0.1, 0.15) is 12.1 Å². The number of rotatable bonds is 8. The van der Waals surface area contributed by atoms with Gasteiger partial charge in [-0.1, -0.05) is 19.8 Å². The summed E-state index contributed by atoms with van der Waals surface area (Å²) in [5.41, 5.74) is 8.17. The Kier molecular flexibility index (Phi) is 5.08. The Balaban J connectivity index is 1.97. The maximum atomic E-state index is 10.4. The van der Waals surface area contributed by atoms with Crippen molar-refractivity contribution in [1.82, 2.24) is 19.6 Å². The van der Waals surface area contributed by atoms with Crippen molar-refractivity contribution in [2.45, 2.75) is 51.9 Å². The van der Waals surface area contributed by atoms with Crippen molar-refractivity contribution in [2.24, 2.45) is 0 Å². The second-order valence-electron chi connectivity index (χ2n) is 5.06. The molecule has 114 valence electrons. The van der Waals surface area contributed by atoms with E-state index in [1.165, 1.54) is 6.33 Å². The molecule has 0 atom stereocenters. The Morgan fingerprint density at radius 3 is 2.81 bits per heavy atom. The smallest absolute Gasteiger partial charge is 0.303 e. The summed E-state index contributed by atoms with van der Waals surface area (Å²) in [6, 6.07) is 0. The second-order valence-corrected chi connectivity index (χ2v) is 5.06. The van der Waals surface area contributed by atoms with Gasteiger partial charge < -0.3 is 10.8 Å². The SMILES string of the molecule is CCc1nc2ncnn2c(N)c1CCCCCCC(=O)O. The average molecular weight is 291 g/mol. The fraction of sp³-hybridized carbons (Fsp3) is 0.571. The molecule has 0 fully saturated rings. The number of aryl methyl sites for hydroxylation is 1. The van der Waals surface area contributed by atoms with Gasteiger partial charge in [-0.3, -0.25) is 4.79 Å². The molecule has 2 aromatic rings. The zero-order chi connectivity index (χ0) is 15.2. The summed E-state index contributed by atoms with van der Waals surface area (Å²) in [5, 5.41) is 12.7. The number of unbranched alkanes of at least 4 members (excludes halogenated alkanes) is 3. The van der Waals surface area contributed by atoms with Crippen LogP contribution in [0.2, 0.25) is 0 Å². The Hall–Kier alpha value is -2.18. The van der Waals surface area contributed by atoms with Crippen molar-refractivity contribution in [3.8, 4) is 0 Å². The van der Waals surface area contributed by atoms with Crippen molar-refractivity contribution in [1.29, 1.82) is 0 Å². The van der Waals surface area contributed by atoms with Crippen LogP contribution in [0.15, 0.2) is 6.33 Å². The maximum Gasteiger partial charge on any atom is 0.303 e. The predicted octanol–water partition coefficient (Wildman–Crippen LogP) is 1.85. The van der Waals surface area contributed by atoms with Gasteiger partial charge in [0, 0.05) is 12.0 Å². The average Bonchev–Trinajstić information content (AvgIpc) is 2.92. The van der Waals surface area contributed by atoms with Gasteiger partial charge in [0.05, 0.1) is 5.69 Å². The van der Waals surface area contributed by atoms with Crippen molar-refractivity contribution < 1.29 is 9.90 Å². The Morgan fingerprint density at radius 1 is 1.33 bits per heavy atom. The van der Waals surface area contributed by atoms with E-state index in [2.05, 4.69) is 15.1 Å². The lowest BCUT2D eigenvalue weighted by Crippen LogP contribution is -2.10. The lowest BCUT2D eigenvalue weighted by atomic mass is 10.0. The van der Waals surface area contributed by atoms with E-state index in [4.69, 9.17) is 10.8 Å². The first-order chi connectivity index (χ1) is 10.1. The third-order valence-corrected chi connectivity index (χ3v) is 3.55. The van der Waals surface area contributed by atoms with E-state index in [9.17, 15) is 4.79 Å². The summed E-state index contributed by atoms with van der Waals surface area (Å²) < 4.78 is 1.57.